The summed E-state index contributed by atoms with van der Waals surface area (Å²) in [6.07, 6.45) is 3.09. The highest BCUT2D eigenvalue weighted by molar-refractivity contribution is 5.26. The van der Waals surface area contributed by atoms with E-state index in [2.05, 4.69) is 4.98 Å². The minimum atomic E-state index is -0.648. The molecule has 0 aliphatic carbocycles. The number of halogens is 1. The number of benzene rings is 1. The molecule has 1 aromatic heterocycles. The molecule has 2 rings (SSSR count). The smallest absolute Gasteiger partial charge is 0.123 e. The van der Waals surface area contributed by atoms with E-state index in [-0.39, 0.29) is 5.82 Å². The molecule has 1 unspecified atom stereocenters. The SMILES string of the molecule is Cc1ccncc1C(O)Cc1cccc(F)c1. The summed E-state index contributed by atoms with van der Waals surface area (Å²) in [5, 5.41) is 10.1. The molecule has 1 aromatic carbocycles. The predicted octanol–water partition coefficient (Wildman–Crippen LogP) is 2.81. The first-order chi connectivity index (χ1) is 8.16. The third kappa shape index (κ3) is 2.88. The largest absolute Gasteiger partial charge is 0.388 e. The molecule has 0 saturated heterocycles. The lowest BCUT2D eigenvalue weighted by Crippen LogP contribution is -2.04. The Kier molecular flexibility index (Phi) is 3.49. The van der Waals surface area contributed by atoms with Crippen molar-refractivity contribution in [2.75, 3.05) is 0 Å². The Morgan fingerprint density at radius 1 is 1.35 bits per heavy atom. The molecule has 2 aromatic rings. The van der Waals surface area contributed by atoms with Gasteiger partial charge in [-0.15, -0.1) is 0 Å². The van der Waals surface area contributed by atoms with Crippen LogP contribution in [0.25, 0.3) is 0 Å². The van der Waals surface area contributed by atoms with Crippen molar-refractivity contribution in [3.8, 4) is 0 Å². The Labute approximate surface area is 99.8 Å². The fourth-order valence-electron chi connectivity index (χ4n) is 1.82. The van der Waals surface area contributed by atoms with Gasteiger partial charge in [0.05, 0.1) is 6.10 Å². The second-order valence-corrected chi connectivity index (χ2v) is 4.08. The second-order valence-electron chi connectivity index (χ2n) is 4.08. The fraction of sp³-hybridized carbons (Fsp3) is 0.214. The number of nitrogens with zero attached hydrogens (tertiary/aromatic N) is 1. The molecule has 1 atom stereocenters. The molecule has 0 spiro atoms. The molecule has 2 nitrogen and oxygen atoms in total. The number of aliphatic hydroxyl groups excluding tert-OH is 1. The molecule has 3 heteroatoms. The van der Waals surface area contributed by atoms with Gasteiger partial charge in [-0.3, -0.25) is 4.98 Å². The lowest BCUT2D eigenvalue weighted by atomic mass is 10.00. The van der Waals surface area contributed by atoms with Crippen molar-refractivity contribution in [1.82, 2.24) is 4.98 Å². The zero-order valence-electron chi connectivity index (χ0n) is 9.60. The summed E-state index contributed by atoms with van der Waals surface area (Å²) in [5.41, 5.74) is 2.56. The van der Waals surface area contributed by atoms with Crippen molar-refractivity contribution in [2.24, 2.45) is 0 Å². The number of hydrogen-bond acceptors (Lipinski definition) is 2. The zero-order valence-corrected chi connectivity index (χ0v) is 9.60. The van der Waals surface area contributed by atoms with Gasteiger partial charge in [-0.1, -0.05) is 12.1 Å². The van der Waals surface area contributed by atoms with Gasteiger partial charge in [0, 0.05) is 24.4 Å². The lowest BCUT2D eigenvalue weighted by molar-refractivity contribution is 0.177. The normalized spacial score (nSPS) is 12.4. The summed E-state index contributed by atoms with van der Waals surface area (Å²) >= 11 is 0. The minimum absolute atomic E-state index is 0.280. The van der Waals surface area contributed by atoms with Crippen LogP contribution in [0.5, 0.6) is 0 Å². The Morgan fingerprint density at radius 2 is 2.18 bits per heavy atom. The highest BCUT2D eigenvalue weighted by Crippen LogP contribution is 2.20. The van der Waals surface area contributed by atoms with Gasteiger partial charge in [0.15, 0.2) is 0 Å². The van der Waals surface area contributed by atoms with Crippen LogP contribution in [-0.2, 0) is 6.42 Å². The van der Waals surface area contributed by atoms with Gasteiger partial charge in [-0.05, 0) is 36.2 Å². The van der Waals surface area contributed by atoms with E-state index in [1.807, 2.05) is 13.0 Å². The van der Waals surface area contributed by atoms with E-state index in [0.29, 0.717) is 6.42 Å². The number of pyridine rings is 1. The van der Waals surface area contributed by atoms with Crippen LogP contribution in [0.15, 0.2) is 42.7 Å². The van der Waals surface area contributed by atoms with Gasteiger partial charge in [0.25, 0.3) is 0 Å². The van der Waals surface area contributed by atoms with Crippen molar-refractivity contribution in [3.63, 3.8) is 0 Å². The summed E-state index contributed by atoms with van der Waals surface area (Å²) in [4.78, 5) is 3.99. The van der Waals surface area contributed by atoms with Crippen LogP contribution in [0.4, 0.5) is 4.39 Å². The molecular weight excluding hydrogens is 217 g/mol. The second kappa shape index (κ2) is 5.06. The molecule has 88 valence electrons. The summed E-state index contributed by atoms with van der Waals surface area (Å²) in [6.45, 7) is 1.92. The molecule has 0 fully saturated rings. The first-order valence-corrected chi connectivity index (χ1v) is 5.50. The predicted molar refractivity (Wildman–Crippen MR) is 64.0 cm³/mol. The van der Waals surface area contributed by atoms with Crippen molar-refractivity contribution < 1.29 is 9.50 Å². The molecular formula is C14H14FNO. The summed E-state index contributed by atoms with van der Waals surface area (Å²) in [6, 6.07) is 8.13. The molecule has 17 heavy (non-hydrogen) atoms. The highest BCUT2D eigenvalue weighted by Gasteiger charge is 2.11. The van der Waals surface area contributed by atoms with Crippen LogP contribution in [0.3, 0.4) is 0 Å². The maximum absolute atomic E-state index is 13.0. The van der Waals surface area contributed by atoms with Gasteiger partial charge < -0.3 is 5.11 Å². The molecule has 0 radical (unpaired) electrons. The maximum Gasteiger partial charge on any atom is 0.123 e. The monoisotopic (exact) mass is 231 g/mol. The summed E-state index contributed by atoms with van der Waals surface area (Å²) < 4.78 is 13.0. The first kappa shape index (κ1) is 11.7. The van der Waals surface area contributed by atoms with Crippen LogP contribution >= 0.6 is 0 Å². The average Bonchev–Trinajstić information content (AvgIpc) is 2.29. The van der Waals surface area contributed by atoms with Crippen LogP contribution in [0.2, 0.25) is 0 Å². The van der Waals surface area contributed by atoms with E-state index in [1.54, 1.807) is 24.5 Å². The molecule has 1 N–H and O–H groups in total. The standard InChI is InChI=1S/C14H14FNO/c1-10-5-6-16-9-13(10)14(17)8-11-3-2-4-12(15)7-11/h2-7,9,14,17H,8H2,1H3. The van der Waals surface area contributed by atoms with Gasteiger partial charge >= 0.3 is 0 Å². The summed E-state index contributed by atoms with van der Waals surface area (Å²) in [7, 11) is 0. The van der Waals surface area contributed by atoms with Crippen molar-refractivity contribution >= 4 is 0 Å². The average molecular weight is 231 g/mol. The first-order valence-electron chi connectivity index (χ1n) is 5.50. The van der Waals surface area contributed by atoms with E-state index >= 15 is 0 Å². The molecule has 0 aliphatic rings. The summed E-state index contributed by atoms with van der Waals surface area (Å²) in [5.74, 6) is -0.280. The van der Waals surface area contributed by atoms with Gasteiger partial charge in [0.2, 0.25) is 0 Å². The molecule has 0 bridgehead atoms. The number of hydrogen-bond donors (Lipinski definition) is 1. The maximum atomic E-state index is 13.0. The minimum Gasteiger partial charge on any atom is -0.388 e. The zero-order chi connectivity index (χ0) is 12.3. The van der Waals surface area contributed by atoms with Crippen LogP contribution in [-0.4, -0.2) is 10.1 Å². The Hall–Kier alpha value is -1.74. The van der Waals surface area contributed by atoms with Crippen molar-refractivity contribution in [3.05, 3.63) is 65.2 Å². The third-order valence-electron chi connectivity index (χ3n) is 2.76. The van der Waals surface area contributed by atoms with Crippen molar-refractivity contribution in [2.45, 2.75) is 19.4 Å². The molecule has 0 aliphatic heterocycles. The fourth-order valence-corrected chi connectivity index (χ4v) is 1.82. The number of rotatable bonds is 3. The van der Waals surface area contributed by atoms with Gasteiger partial charge in [-0.2, -0.15) is 0 Å². The Balaban J connectivity index is 2.17. The molecule has 0 saturated carbocycles. The Morgan fingerprint density at radius 3 is 2.88 bits per heavy atom. The van der Waals surface area contributed by atoms with Crippen LogP contribution in [0.1, 0.15) is 22.8 Å². The van der Waals surface area contributed by atoms with Crippen LogP contribution < -0.4 is 0 Å². The van der Waals surface area contributed by atoms with E-state index in [9.17, 15) is 9.50 Å². The highest BCUT2D eigenvalue weighted by atomic mass is 19.1. The van der Waals surface area contributed by atoms with Gasteiger partial charge in [-0.25, -0.2) is 4.39 Å². The number of aliphatic hydroxyl groups is 1. The topological polar surface area (TPSA) is 33.1 Å². The quantitative estimate of drug-likeness (QED) is 0.881. The third-order valence-corrected chi connectivity index (χ3v) is 2.76. The Bertz CT molecular complexity index is 513. The van der Waals surface area contributed by atoms with Crippen LogP contribution in [0, 0.1) is 12.7 Å². The molecule has 0 amide bonds. The lowest BCUT2D eigenvalue weighted by Gasteiger charge is -2.13. The van der Waals surface area contributed by atoms with Crippen molar-refractivity contribution in [1.29, 1.82) is 0 Å². The van der Waals surface area contributed by atoms with E-state index < -0.39 is 6.10 Å². The van der Waals surface area contributed by atoms with E-state index in [0.717, 1.165) is 16.7 Å². The molecule has 1 heterocycles. The number of aryl methyl sites for hydroxylation is 1. The van der Waals surface area contributed by atoms with Gasteiger partial charge in [0.1, 0.15) is 5.82 Å². The van der Waals surface area contributed by atoms with E-state index in [4.69, 9.17) is 0 Å². The number of aromatic nitrogens is 1. The van der Waals surface area contributed by atoms with E-state index in [1.165, 1.54) is 12.1 Å².